The summed E-state index contributed by atoms with van der Waals surface area (Å²) in [6, 6.07) is 10.5. The van der Waals surface area contributed by atoms with Gasteiger partial charge in [0, 0.05) is 22.9 Å². The van der Waals surface area contributed by atoms with Gasteiger partial charge in [0.05, 0.1) is 0 Å². The molecule has 0 aliphatic rings. The summed E-state index contributed by atoms with van der Waals surface area (Å²) < 4.78 is 0. The largest absolute Gasteiger partial charge is 0.237 e. The minimum atomic E-state index is 0.799. The van der Waals surface area contributed by atoms with Crippen LogP contribution in [0.5, 0.6) is 0 Å². The Morgan fingerprint density at radius 3 is 1.96 bits per heavy atom. The Bertz CT molecular complexity index is 540. The third-order valence-electron chi connectivity index (χ3n) is 4.19. The minimum absolute atomic E-state index is 0.799. The number of rotatable bonds is 12. The lowest BCUT2D eigenvalue weighted by Crippen LogP contribution is -1.87. The van der Waals surface area contributed by atoms with Crippen LogP contribution in [0.4, 0.5) is 0 Å². The van der Waals surface area contributed by atoms with E-state index in [0.29, 0.717) is 0 Å². The number of benzene rings is 1. The van der Waals surface area contributed by atoms with E-state index < -0.39 is 0 Å². The molecule has 2 nitrogen and oxygen atoms in total. The summed E-state index contributed by atoms with van der Waals surface area (Å²) in [6.07, 6.45) is 16.1. The third kappa shape index (κ3) is 7.48. The molecule has 2 aromatic rings. The number of unbranched alkanes of at least 4 members (excludes halogenated alkanes) is 8. The van der Waals surface area contributed by atoms with Gasteiger partial charge in [-0.1, -0.05) is 70.4 Å². The van der Waals surface area contributed by atoms with E-state index in [0.717, 1.165) is 11.4 Å². The molecule has 0 amide bonds. The Morgan fingerprint density at radius 1 is 0.750 bits per heavy atom. The summed E-state index contributed by atoms with van der Waals surface area (Å²) >= 11 is 1.96. The van der Waals surface area contributed by atoms with Crippen LogP contribution in [-0.4, -0.2) is 15.7 Å². The smallest absolute Gasteiger partial charge is 0.159 e. The fourth-order valence-electron chi connectivity index (χ4n) is 2.75. The van der Waals surface area contributed by atoms with Crippen LogP contribution in [0, 0.1) is 0 Å². The lowest BCUT2D eigenvalue weighted by molar-refractivity contribution is 0.573. The molecule has 0 aliphatic heterocycles. The molecular formula is C21H30N2S. The predicted molar refractivity (Wildman–Crippen MR) is 105 cm³/mol. The van der Waals surface area contributed by atoms with Gasteiger partial charge in [-0.15, -0.1) is 11.8 Å². The number of nitrogens with zero attached hydrogens (tertiary/aromatic N) is 2. The first-order valence-corrected chi connectivity index (χ1v) is 10.4. The molecular weight excluding hydrogens is 312 g/mol. The molecule has 0 radical (unpaired) electrons. The zero-order valence-corrected chi connectivity index (χ0v) is 15.7. The maximum absolute atomic E-state index is 4.29. The quantitative estimate of drug-likeness (QED) is 0.314. The van der Waals surface area contributed by atoms with Gasteiger partial charge in [0.2, 0.25) is 0 Å². The van der Waals surface area contributed by atoms with E-state index in [1.54, 1.807) is 12.4 Å². The lowest BCUT2D eigenvalue weighted by atomic mass is 10.1. The predicted octanol–water partition coefficient (Wildman–Crippen LogP) is 6.77. The molecule has 0 spiro atoms. The highest BCUT2D eigenvalue weighted by atomic mass is 32.2. The third-order valence-corrected chi connectivity index (χ3v) is 5.29. The molecule has 0 N–H and O–H groups in total. The molecule has 1 aromatic heterocycles. The highest BCUT2D eigenvalue weighted by Crippen LogP contribution is 2.23. The molecule has 2 rings (SSSR count). The van der Waals surface area contributed by atoms with Gasteiger partial charge in [-0.05, 0) is 30.4 Å². The van der Waals surface area contributed by atoms with Crippen molar-refractivity contribution in [2.24, 2.45) is 0 Å². The van der Waals surface area contributed by atoms with Crippen LogP contribution in [0.2, 0.25) is 0 Å². The summed E-state index contributed by atoms with van der Waals surface area (Å²) in [5, 5.41) is 0. The molecule has 130 valence electrons. The molecule has 0 aliphatic carbocycles. The van der Waals surface area contributed by atoms with E-state index in [9.17, 15) is 0 Å². The van der Waals surface area contributed by atoms with Gasteiger partial charge in [0.1, 0.15) is 0 Å². The molecule has 0 saturated carbocycles. The zero-order valence-electron chi connectivity index (χ0n) is 14.9. The van der Waals surface area contributed by atoms with E-state index in [2.05, 4.69) is 41.2 Å². The second kappa shape index (κ2) is 12.1. The van der Waals surface area contributed by atoms with Gasteiger partial charge in [-0.3, -0.25) is 0 Å². The molecule has 0 saturated heterocycles. The standard InChI is InChI=1S/C21H30N2S/c1-2-3-4-5-6-7-8-9-10-18-24-20-14-12-19(13-15-20)21-22-16-11-17-23-21/h11-17H,2-10,18H2,1H3. The first-order valence-electron chi connectivity index (χ1n) is 9.40. The molecule has 0 atom stereocenters. The highest BCUT2D eigenvalue weighted by molar-refractivity contribution is 7.99. The Kier molecular flexibility index (Phi) is 9.55. The molecule has 1 aromatic carbocycles. The summed E-state index contributed by atoms with van der Waals surface area (Å²) in [7, 11) is 0. The summed E-state index contributed by atoms with van der Waals surface area (Å²) in [5.41, 5.74) is 1.09. The van der Waals surface area contributed by atoms with Crippen LogP contribution in [0.25, 0.3) is 11.4 Å². The van der Waals surface area contributed by atoms with E-state index in [1.165, 1.54) is 68.4 Å². The second-order valence-electron chi connectivity index (χ2n) is 6.27. The molecule has 24 heavy (non-hydrogen) atoms. The molecule has 3 heteroatoms. The number of hydrogen-bond donors (Lipinski definition) is 0. The van der Waals surface area contributed by atoms with E-state index >= 15 is 0 Å². The highest BCUT2D eigenvalue weighted by Gasteiger charge is 2.00. The fourth-order valence-corrected chi connectivity index (χ4v) is 3.66. The SMILES string of the molecule is CCCCCCCCCCCSc1ccc(-c2ncccn2)cc1. The van der Waals surface area contributed by atoms with Crippen LogP contribution >= 0.6 is 11.8 Å². The van der Waals surface area contributed by atoms with Crippen LogP contribution < -0.4 is 0 Å². The van der Waals surface area contributed by atoms with Crippen molar-refractivity contribution in [3.63, 3.8) is 0 Å². The Morgan fingerprint density at radius 2 is 1.33 bits per heavy atom. The normalized spacial score (nSPS) is 10.9. The maximum Gasteiger partial charge on any atom is 0.159 e. The summed E-state index contributed by atoms with van der Waals surface area (Å²) in [5.74, 6) is 2.02. The monoisotopic (exact) mass is 342 g/mol. The van der Waals surface area contributed by atoms with Crippen LogP contribution in [-0.2, 0) is 0 Å². The summed E-state index contributed by atoms with van der Waals surface area (Å²) in [6.45, 7) is 2.28. The average Bonchev–Trinajstić information content (AvgIpc) is 2.64. The second-order valence-corrected chi connectivity index (χ2v) is 7.44. The molecule has 0 fully saturated rings. The van der Waals surface area contributed by atoms with Crippen molar-refractivity contribution < 1.29 is 0 Å². The van der Waals surface area contributed by atoms with Gasteiger partial charge in [-0.2, -0.15) is 0 Å². The molecule has 0 unspecified atom stereocenters. The van der Waals surface area contributed by atoms with Crippen molar-refractivity contribution in [2.75, 3.05) is 5.75 Å². The fraction of sp³-hybridized carbons (Fsp3) is 0.524. The maximum atomic E-state index is 4.29. The van der Waals surface area contributed by atoms with Crippen molar-refractivity contribution in [3.05, 3.63) is 42.7 Å². The van der Waals surface area contributed by atoms with E-state index in [4.69, 9.17) is 0 Å². The van der Waals surface area contributed by atoms with Crippen LogP contribution in [0.3, 0.4) is 0 Å². The van der Waals surface area contributed by atoms with Crippen molar-refractivity contribution in [1.29, 1.82) is 0 Å². The van der Waals surface area contributed by atoms with Crippen LogP contribution in [0.15, 0.2) is 47.6 Å². The average molecular weight is 343 g/mol. The van der Waals surface area contributed by atoms with Gasteiger partial charge in [0.15, 0.2) is 5.82 Å². The lowest BCUT2D eigenvalue weighted by Gasteiger charge is -2.04. The molecule has 0 bridgehead atoms. The van der Waals surface area contributed by atoms with E-state index in [-0.39, 0.29) is 0 Å². The zero-order chi connectivity index (χ0) is 16.9. The van der Waals surface area contributed by atoms with E-state index in [1.807, 2.05) is 17.8 Å². The van der Waals surface area contributed by atoms with Crippen LogP contribution in [0.1, 0.15) is 64.7 Å². The molecule has 1 heterocycles. The number of thioether (sulfide) groups is 1. The topological polar surface area (TPSA) is 25.8 Å². The number of aromatic nitrogens is 2. The Labute approximate surface area is 151 Å². The van der Waals surface area contributed by atoms with Crippen molar-refractivity contribution in [2.45, 2.75) is 69.6 Å². The van der Waals surface area contributed by atoms with Crippen molar-refractivity contribution in [1.82, 2.24) is 9.97 Å². The first kappa shape index (κ1) is 19.0. The first-order chi connectivity index (χ1) is 11.9. The summed E-state index contributed by atoms with van der Waals surface area (Å²) in [4.78, 5) is 9.92. The van der Waals surface area contributed by atoms with Crippen molar-refractivity contribution in [3.8, 4) is 11.4 Å². The Balaban J connectivity index is 1.55. The minimum Gasteiger partial charge on any atom is -0.237 e. The van der Waals surface area contributed by atoms with Gasteiger partial charge >= 0.3 is 0 Å². The Hall–Kier alpha value is -1.35. The van der Waals surface area contributed by atoms with Crippen molar-refractivity contribution >= 4 is 11.8 Å². The van der Waals surface area contributed by atoms with Gasteiger partial charge < -0.3 is 0 Å². The van der Waals surface area contributed by atoms with Gasteiger partial charge in [-0.25, -0.2) is 9.97 Å². The van der Waals surface area contributed by atoms with Gasteiger partial charge in [0.25, 0.3) is 0 Å². The number of hydrogen-bond acceptors (Lipinski definition) is 3.